The molecule has 0 saturated heterocycles. The largest absolute Gasteiger partial charge is 0.300 e. The lowest BCUT2D eigenvalue weighted by molar-refractivity contribution is -0.126. The van der Waals surface area contributed by atoms with Crippen LogP contribution in [0.4, 0.5) is 0 Å². The molecule has 1 atom stereocenters. The van der Waals surface area contributed by atoms with Gasteiger partial charge < -0.3 is 0 Å². The van der Waals surface area contributed by atoms with Crippen LogP contribution < -0.4 is 0 Å². The number of hydrogen-bond donors (Lipinski definition) is 0. The molecule has 0 N–H and O–H groups in total. The topological polar surface area (TPSA) is 34.1 Å². The van der Waals surface area contributed by atoms with Crippen molar-refractivity contribution in [2.45, 2.75) is 20.3 Å². The minimum absolute atomic E-state index is 0.00407. The average Bonchev–Trinajstić information content (AvgIpc) is 2.34. The summed E-state index contributed by atoms with van der Waals surface area (Å²) in [5, 5.41) is 0. The van der Waals surface area contributed by atoms with E-state index in [0.717, 1.165) is 5.57 Å². The highest BCUT2D eigenvalue weighted by Gasteiger charge is 2.17. The minimum Gasteiger partial charge on any atom is -0.300 e. The van der Waals surface area contributed by atoms with Gasteiger partial charge in [0.25, 0.3) is 0 Å². The summed E-state index contributed by atoms with van der Waals surface area (Å²) in [6.07, 6.45) is 5.67. The van der Waals surface area contributed by atoms with Crippen molar-refractivity contribution in [1.82, 2.24) is 0 Å². The highest BCUT2D eigenvalue weighted by Crippen LogP contribution is 2.17. The molecule has 0 aliphatic heterocycles. The van der Waals surface area contributed by atoms with Crippen molar-refractivity contribution >= 4 is 11.6 Å². The number of carbonyl (C=O) groups excluding carboxylic acids is 2. The second kappa shape index (κ2) is 3.48. The molecule has 64 valence electrons. The fourth-order valence-corrected chi connectivity index (χ4v) is 1.21. The van der Waals surface area contributed by atoms with E-state index in [0.29, 0.717) is 0 Å². The lowest BCUT2D eigenvalue weighted by Gasteiger charge is -2.00. The molecule has 0 bridgehead atoms. The first-order chi connectivity index (χ1) is 5.59. The number of carbonyl (C=O) groups is 2. The van der Waals surface area contributed by atoms with Crippen LogP contribution in [0.1, 0.15) is 20.3 Å². The van der Waals surface area contributed by atoms with E-state index in [1.807, 2.05) is 25.2 Å². The summed E-state index contributed by atoms with van der Waals surface area (Å²) in [6.45, 7) is 3.38. The lowest BCUT2D eigenvalue weighted by atomic mass is 10.0. The Balaban J connectivity index is 2.56. The van der Waals surface area contributed by atoms with Crippen LogP contribution in [-0.2, 0) is 9.59 Å². The van der Waals surface area contributed by atoms with E-state index >= 15 is 0 Å². The van der Waals surface area contributed by atoms with Crippen LogP contribution >= 0.6 is 0 Å². The van der Waals surface area contributed by atoms with E-state index in [9.17, 15) is 9.59 Å². The summed E-state index contributed by atoms with van der Waals surface area (Å²) in [6, 6.07) is 0. The van der Waals surface area contributed by atoms with Crippen molar-refractivity contribution in [3.63, 3.8) is 0 Å². The Bertz CT molecular complexity index is 272. The van der Waals surface area contributed by atoms with Gasteiger partial charge in [-0.1, -0.05) is 23.8 Å². The van der Waals surface area contributed by atoms with Gasteiger partial charge in [0.2, 0.25) is 0 Å². The van der Waals surface area contributed by atoms with Crippen LogP contribution in [0.3, 0.4) is 0 Å². The summed E-state index contributed by atoms with van der Waals surface area (Å²) < 4.78 is 0. The monoisotopic (exact) mass is 164 g/mol. The number of ketones is 2. The molecule has 0 aromatic carbocycles. The van der Waals surface area contributed by atoms with Crippen molar-refractivity contribution in [3.05, 3.63) is 23.8 Å². The molecule has 1 aliphatic carbocycles. The average molecular weight is 164 g/mol. The van der Waals surface area contributed by atoms with Gasteiger partial charge in [-0.05, 0) is 13.8 Å². The molecular weight excluding hydrogens is 152 g/mol. The van der Waals surface area contributed by atoms with Gasteiger partial charge in [0.05, 0.1) is 12.3 Å². The summed E-state index contributed by atoms with van der Waals surface area (Å²) in [5.74, 6) is -0.226. The molecule has 12 heavy (non-hydrogen) atoms. The van der Waals surface area contributed by atoms with E-state index in [-0.39, 0.29) is 23.9 Å². The van der Waals surface area contributed by atoms with E-state index in [4.69, 9.17) is 0 Å². The van der Waals surface area contributed by atoms with Gasteiger partial charge in [-0.25, -0.2) is 0 Å². The molecule has 1 aliphatic rings. The summed E-state index contributed by atoms with van der Waals surface area (Å²) >= 11 is 0. The first-order valence-electron chi connectivity index (χ1n) is 3.98. The van der Waals surface area contributed by atoms with Gasteiger partial charge in [-0.3, -0.25) is 9.59 Å². The van der Waals surface area contributed by atoms with Crippen molar-refractivity contribution in [3.8, 4) is 0 Å². The van der Waals surface area contributed by atoms with Crippen molar-refractivity contribution in [1.29, 1.82) is 0 Å². The maximum atomic E-state index is 11.3. The van der Waals surface area contributed by atoms with Gasteiger partial charge in [-0.2, -0.15) is 0 Å². The molecule has 1 rings (SSSR count). The fourth-order valence-electron chi connectivity index (χ4n) is 1.21. The van der Waals surface area contributed by atoms with E-state index < -0.39 is 0 Å². The number of hydrogen-bond acceptors (Lipinski definition) is 2. The number of rotatable bonds is 3. The third-order valence-corrected chi connectivity index (χ3v) is 1.80. The molecule has 2 nitrogen and oxygen atoms in total. The van der Waals surface area contributed by atoms with E-state index in [2.05, 4.69) is 0 Å². The molecule has 0 fully saturated rings. The standard InChI is InChI=1S/C10H12O2/c1-7-3-4-9(5-7)10(12)6-8(2)11/h3-5,9H,6H2,1-2H3. The zero-order valence-corrected chi connectivity index (χ0v) is 7.33. The maximum Gasteiger partial charge on any atom is 0.150 e. The van der Waals surface area contributed by atoms with Crippen LogP contribution in [0, 0.1) is 5.92 Å². The van der Waals surface area contributed by atoms with Gasteiger partial charge in [0, 0.05) is 0 Å². The molecule has 0 aromatic heterocycles. The zero-order chi connectivity index (χ0) is 9.14. The predicted molar refractivity (Wildman–Crippen MR) is 46.7 cm³/mol. The SMILES string of the molecule is CC(=O)CC(=O)C1C=CC(C)=C1. The molecular formula is C10H12O2. The quantitative estimate of drug-likeness (QED) is 0.594. The Morgan fingerprint density at radius 3 is 2.58 bits per heavy atom. The fraction of sp³-hybridized carbons (Fsp3) is 0.400. The molecule has 1 unspecified atom stereocenters. The molecule has 0 spiro atoms. The lowest BCUT2D eigenvalue weighted by Crippen LogP contribution is -2.11. The molecule has 0 radical (unpaired) electrons. The third-order valence-electron chi connectivity index (χ3n) is 1.80. The number of allylic oxidation sites excluding steroid dienone is 4. The predicted octanol–water partition coefficient (Wildman–Crippen LogP) is 1.67. The Kier molecular flexibility index (Phi) is 2.58. The third kappa shape index (κ3) is 2.16. The Labute approximate surface area is 72.0 Å². The molecule has 2 heteroatoms. The Morgan fingerprint density at radius 1 is 1.50 bits per heavy atom. The first kappa shape index (κ1) is 8.91. The van der Waals surface area contributed by atoms with Crippen LogP contribution in [0.2, 0.25) is 0 Å². The first-order valence-corrected chi connectivity index (χ1v) is 3.98. The normalized spacial score (nSPS) is 20.8. The van der Waals surface area contributed by atoms with Gasteiger partial charge >= 0.3 is 0 Å². The highest BCUT2D eigenvalue weighted by atomic mass is 16.1. The van der Waals surface area contributed by atoms with Crippen LogP contribution in [0.15, 0.2) is 23.8 Å². The summed E-state index contributed by atoms with van der Waals surface area (Å²) in [7, 11) is 0. The molecule has 0 amide bonds. The Morgan fingerprint density at radius 2 is 2.17 bits per heavy atom. The Hall–Kier alpha value is -1.18. The second-order valence-corrected chi connectivity index (χ2v) is 3.14. The van der Waals surface area contributed by atoms with Crippen molar-refractivity contribution in [2.24, 2.45) is 5.92 Å². The second-order valence-electron chi connectivity index (χ2n) is 3.14. The van der Waals surface area contributed by atoms with Crippen molar-refractivity contribution < 1.29 is 9.59 Å². The molecule has 0 saturated carbocycles. The summed E-state index contributed by atoms with van der Waals surface area (Å²) in [5.41, 5.74) is 1.09. The molecule has 0 aromatic rings. The highest BCUT2D eigenvalue weighted by molar-refractivity contribution is 6.00. The van der Waals surface area contributed by atoms with Crippen molar-refractivity contribution in [2.75, 3.05) is 0 Å². The van der Waals surface area contributed by atoms with Gasteiger partial charge in [-0.15, -0.1) is 0 Å². The van der Waals surface area contributed by atoms with E-state index in [1.165, 1.54) is 6.92 Å². The minimum atomic E-state index is -0.158. The zero-order valence-electron chi connectivity index (χ0n) is 7.33. The van der Waals surface area contributed by atoms with Crippen LogP contribution in [-0.4, -0.2) is 11.6 Å². The van der Waals surface area contributed by atoms with E-state index in [1.54, 1.807) is 0 Å². The van der Waals surface area contributed by atoms with Crippen LogP contribution in [0.25, 0.3) is 0 Å². The summed E-state index contributed by atoms with van der Waals surface area (Å²) in [4.78, 5) is 21.9. The van der Waals surface area contributed by atoms with Crippen LogP contribution in [0.5, 0.6) is 0 Å². The maximum absolute atomic E-state index is 11.3. The van der Waals surface area contributed by atoms with Gasteiger partial charge in [0.15, 0.2) is 5.78 Å². The van der Waals surface area contributed by atoms with Gasteiger partial charge in [0.1, 0.15) is 5.78 Å². The smallest absolute Gasteiger partial charge is 0.150 e. The molecule has 0 heterocycles. The number of Topliss-reactive ketones (excluding diaryl/α,β-unsaturated/α-hetero) is 2.